The number of hydrogen-bond donors (Lipinski definition) is 1. The van der Waals surface area contributed by atoms with Crippen LogP contribution in [0.15, 0.2) is 48.0 Å². The lowest BCUT2D eigenvalue weighted by molar-refractivity contribution is -0.140. The number of rotatable bonds is 4. The van der Waals surface area contributed by atoms with Gasteiger partial charge in [0.2, 0.25) is 23.6 Å². The number of halogens is 3. The summed E-state index contributed by atoms with van der Waals surface area (Å²) in [4.78, 5) is 57.3. The van der Waals surface area contributed by atoms with E-state index in [-0.39, 0.29) is 28.9 Å². The first-order chi connectivity index (χ1) is 19.0. The second-order valence-corrected chi connectivity index (χ2v) is 11.7. The summed E-state index contributed by atoms with van der Waals surface area (Å²) < 4.78 is 28.6. The van der Waals surface area contributed by atoms with Crippen molar-refractivity contribution in [1.82, 2.24) is 4.90 Å². The van der Waals surface area contributed by atoms with Gasteiger partial charge in [0, 0.05) is 12.5 Å². The summed E-state index contributed by atoms with van der Waals surface area (Å²) in [5.74, 6) is -7.22. The molecule has 6 unspecified atom stereocenters. The number of hydrogen-bond acceptors (Lipinski definition) is 5. The molecule has 3 fully saturated rings. The normalized spacial score (nSPS) is 31.3. The summed E-state index contributed by atoms with van der Waals surface area (Å²) in [5, 5.41) is 9.63. The Morgan fingerprint density at radius 2 is 1.75 bits per heavy atom. The number of phenolic OH excluding ortho intramolecular Hbond substituents is 1. The van der Waals surface area contributed by atoms with Crippen molar-refractivity contribution in [2.75, 3.05) is 11.4 Å². The lowest BCUT2D eigenvalue weighted by Crippen LogP contribution is -2.48. The topological polar surface area (TPSA) is 95.0 Å². The Bertz CT molecular complexity index is 1530. The monoisotopic (exact) mass is 568 g/mol. The van der Waals surface area contributed by atoms with Gasteiger partial charge < -0.3 is 5.11 Å². The molecule has 208 valence electrons. The second-order valence-electron chi connectivity index (χ2n) is 11.3. The standard InChI is InChI=1S/C30H27ClF2N2O5/c1-3-10-34-26(37)17-7-6-16-18(24(17)28(34)39)13-19-27(38)35(15-5-8-21(32)20(31)12-15)29(40)30(19,2)25(16)14-4-9-23(36)22(33)11-14/h4-6,8-9,11-12,17-19,24-25,36H,3,7,10,13H2,1-2H3. The van der Waals surface area contributed by atoms with E-state index >= 15 is 0 Å². The molecule has 2 aromatic rings. The molecule has 4 amide bonds. The molecule has 0 spiro atoms. The molecule has 2 aliphatic carbocycles. The zero-order valence-electron chi connectivity index (χ0n) is 21.9. The maximum absolute atomic E-state index is 14.7. The van der Waals surface area contributed by atoms with E-state index in [9.17, 15) is 33.1 Å². The number of phenols is 1. The fraction of sp³-hybridized carbons (Fsp3) is 0.400. The summed E-state index contributed by atoms with van der Waals surface area (Å²) in [7, 11) is 0. The van der Waals surface area contributed by atoms with Crippen LogP contribution < -0.4 is 4.90 Å². The molecule has 7 nitrogen and oxygen atoms in total. The average Bonchev–Trinajstić information content (AvgIpc) is 3.27. The van der Waals surface area contributed by atoms with Crippen molar-refractivity contribution in [2.24, 2.45) is 29.1 Å². The first-order valence-corrected chi connectivity index (χ1v) is 13.8. The van der Waals surface area contributed by atoms with E-state index in [0.717, 1.165) is 17.0 Å². The highest BCUT2D eigenvalue weighted by atomic mass is 35.5. The van der Waals surface area contributed by atoms with E-state index in [1.807, 2.05) is 13.0 Å². The SMILES string of the molecule is CCCN1C(=O)C2CC=C3C(CC4C(=O)N(c5ccc(F)c(Cl)c5)C(=O)C4(C)C3c3ccc(O)c(F)c3)C2C1=O. The molecule has 1 N–H and O–H groups in total. The minimum absolute atomic E-state index is 0.115. The predicted molar refractivity (Wildman–Crippen MR) is 141 cm³/mol. The van der Waals surface area contributed by atoms with Crippen LogP contribution in [0.5, 0.6) is 5.75 Å². The summed E-state index contributed by atoms with van der Waals surface area (Å²) in [5.41, 5.74) is -0.182. The van der Waals surface area contributed by atoms with Crippen molar-refractivity contribution in [3.8, 4) is 5.75 Å². The zero-order valence-corrected chi connectivity index (χ0v) is 22.6. The van der Waals surface area contributed by atoms with Gasteiger partial charge in [0.05, 0.1) is 33.9 Å². The number of anilines is 1. The first-order valence-electron chi connectivity index (χ1n) is 13.4. The molecule has 0 bridgehead atoms. The van der Waals surface area contributed by atoms with Gasteiger partial charge in [0.15, 0.2) is 11.6 Å². The number of allylic oxidation sites excluding steroid dienone is 2. The predicted octanol–water partition coefficient (Wildman–Crippen LogP) is 4.96. The van der Waals surface area contributed by atoms with Crippen LogP contribution >= 0.6 is 11.6 Å². The Balaban J connectivity index is 1.52. The molecule has 0 aromatic heterocycles. The Hall–Kier alpha value is -3.59. The van der Waals surface area contributed by atoms with E-state index in [1.165, 1.54) is 29.2 Å². The highest BCUT2D eigenvalue weighted by Gasteiger charge is 2.67. The van der Waals surface area contributed by atoms with Gasteiger partial charge in [-0.05, 0) is 68.0 Å². The van der Waals surface area contributed by atoms with Crippen molar-refractivity contribution in [3.63, 3.8) is 0 Å². The van der Waals surface area contributed by atoms with Crippen LogP contribution in [0, 0.1) is 40.7 Å². The van der Waals surface area contributed by atoms with E-state index in [0.29, 0.717) is 30.5 Å². The lowest BCUT2D eigenvalue weighted by Gasteiger charge is -2.49. The minimum atomic E-state index is -1.38. The van der Waals surface area contributed by atoms with Crippen molar-refractivity contribution in [2.45, 2.75) is 39.0 Å². The van der Waals surface area contributed by atoms with Crippen LogP contribution in [0.1, 0.15) is 44.6 Å². The highest BCUT2D eigenvalue weighted by Crippen LogP contribution is 2.63. The van der Waals surface area contributed by atoms with Gasteiger partial charge >= 0.3 is 0 Å². The largest absolute Gasteiger partial charge is 0.505 e. The summed E-state index contributed by atoms with van der Waals surface area (Å²) in [6.45, 7) is 3.84. The van der Waals surface area contributed by atoms with Crippen LogP contribution in [-0.2, 0) is 19.2 Å². The van der Waals surface area contributed by atoms with Crippen molar-refractivity contribution in [1.29, 1.82) is 0 Å². The van der Waals surface area contributed by atoms with Gasteiger partial charge in [-0.1, -0.05) is 36.2 Å². The van der Waals surface area contributed by atoms with E-state index in [1.54, 1.807) is 6.92 Å². The lowest BCUT2D eigenvalue weighted by atomic mass is 9.51. The average molecular weight is 569 g/mol. The number of fused-ring (bicyclic) bond motifs is 4. The van der Waals surface area contributed by atoms with Crippen LogP contribution in [0.3, 0.4) is 0 Å². The Kier molecular flexibility index (Phi) is 6.14. The van der Waals surface area contributed by atoms with Gasteiger partial charge in [-0.2, -0.15) is 0 Å². The van der Waals surface area contributed by atoms with Gasteiger partial charge in [0.25, 0.3) is 0 Å². The van der Waals surface area contributed by atoms with Crippen molar-refractivity contribution < 1.29 is 33.1 Å². The number of amides is 4. The second kappa shape index (κ2) is 9.23. The third kappa shape index (κ3) is 3.52. The molecule has 4 aliphatic rings. The number of imide groups is 2. The van der Waals surface area contributed by atoms with Crippen molar-refractivity contribution >= 4 is 40.9 Å². The Morgan fingerprint density at radius 1 is 1.00 bits per heavy atom. The number of carbonyl (C=O) groups is 4. The Morgan fingerprint density at radius 3 is 2.42 bits per heavy atom. The van der Waals surface area contributed by atoms with Crippen LogP contribution in [0.2, 0.25) is 5.02 Å². The number of carbonyl (C=O) groups excluding carboxylic acids is 4. The van der Waals surface area contributed by atoms with Gasteiger partial charge in [-0.3, -0.25) is 24.1 Å². The molecule has 6 rings (SSSR count). The molecule has 1 saturated carbocycles. The number of aromatic hydroxyl groups is 1. The molecule has 0 radical (unpaired) electrons. The van der Waals surface area contributed by atoms with Crippen LogP contribution in [-0.4, -0.2) is 40.2 Å². The fourth-order valence-electron chi connectivity index (χ4n) is 7.48. The van der Waals surface area contributed by atoms with E-state index in [2.05, 4.69) is 0 Å². The van der Waals surface area contributed by atoms with Crippen LogP contribution in [0.4, 0.5) is 14.5 Å². The van der Waals surface area contributed by atoms with Gasteiger partial charge in [-0.25, -0.2) is 13.7 Å². The summed E-state index contributed by atoms with van der Waals surface area (Å²) in [6.07, 6.45) is 2.92. The molecule has 2 aliphatic heterocycles. The molecular weight excluding hydrogens is 542 g/mol. The Labute approximate surface area is 234 Å². The quantitative estimate of drug-likeness (QED) is 0.415. The summed E-state index contributed by atoms with van der Waals surface area (Å²) >= 11 is 5.99. The fourth-order valence-corrected chi connectivity index (χ4v) is 7.65. The molecule has 10 heteroatoms. The first kappa shape index (κ1) is 26.6. The smallest absolute Gasteiger partial charge is 0.241 e. The van der Waals surface area contributed by atoms with Gasteiger partial charge in [0.1, 0.15) is 5.82 Å². The van der Waals surface area contributed by atoms with E-state index < -0.39 is 64.2 Å². The molecule has 2 aromatic carbocycles. The molecule has 2 saturated heterocycles. The number of likely N-dealkylation sites (tertiary alicyclic amines) is 1. The molecule has 6 atom stereocenters. The minimum Gasteiger partial charge on any atom is -0.505 e. The zero-order chi connectivity index (χ0) is 28.7. The van der Waals surface area contributed by atoms with Crippen LogP contribution in [0.25, 0.3) is 0 Å². The third-order valence-electron chi connectivity index (χ3n) is 9.28. The number of benzene rings is 2. The maximum Gasteiger partial charge on any atom is 0.241 e. The maximum atomic E-state index is 14.7. The summed E-state index contributed by atoms with van der Waals surface area (Å²) in [6, 6.07) is 7.46. The number of nitrogens with zero attached hydrogens (tertiary/aromatic N) is 2. The van der Waals surface area contributed by atoms with Gasteiger partial charge in [-0.15, -0.1) is 0 Å². The highest BCUT2D eigenvalue weighted by molar-refractivity contribution is 6.31. The molecule has 2 heterocycles. The third-order valence-corrected chi connectivity index (χ3v) is 9.57. The van der Waals surface area contributed by atoms with E-state index in [4.69, 9.17) is 11.6 Å². The molecule has 40 heavy (non-hydrogen) atoms. The molecular formula is C30H27ClF2N2O5. The van der Waals surface area contributed by atoms with Crippen molar-refractivity contribution in [3.05, 3.63) is 70.3 Å².